The summed E-state index contributed by atoms with van der Waals surface area (Å²) in [5.41, 5.74) is 10.7. The number of aliphatic hydroxyl groups is 1. The first-order valence-corrected chi connectivity index (χ1v) is 17.9. The number of ether oxygens (including phenoxy) is 1. The van der Waals surface area contributed by atoms with Crippen LogP contribution in [0.1, 0.15) is 88.8 Å². The topological polar surface area (TPSA) is 79.0 Å². The number of rotatable bonds is 15. The van der Waals surface area contributed by atoms with E-state index in [1.165, 1.54) is 88.1 Å². The highest BCUT2D eigenvalue weighted by Crippen LogP contribution is 2.64. The van der Waals surface area contributed by atoms with Gasteiger partial charge < -0.3 is 25.4 Å². The minimum atomic E-state index is -0.163. The van der Waals surface area contributed by atoms with Crippen LogP contribution in [0.3, 0.4) is 0 Å². The summed E-state index contributed by atoms with van der Waals surface area (Å²) in [4.78, 5) is 16.6. The number of nitrogens with zero attached hydrogens (tertiary/aromatic N) is 2. The average Bonchev–Trinajstić information content (AvgIpc) is 3.60. The second kappa shape index (κ2) is 15.0. The number of aryl methyl sites for hydroxylation is 1. The number of unbranched alkanes of at least 4 members (excludes halogenated alkanes) is 6. The normalized spacial score (nSPS) is 29.9. The number of nitrogen functional groups attached to an aromatic ring is 1. The quantitative estimate of drug-likeness (QED) is 0.134. The van der Waals surface area contributed by atoms with Gasteiger partial charge in [-0.05, 0) is 79.8 Å². The number of anilines is 1. The molecule has 2 heterocycles. The molecule has 45 heavy (non-hydrogen) atoms. The summed E-state index contributed by atoms with van der Waals surface area (Å²) in [5, 5.41) is 9.98. The van der Waals surface area contributed by atoms with E-state index in [0.717, 1.165) is 31.9 Å². The first kappa shape index (κ1) is 33.9. The first-order valence-electron chi connectivity index (χ1n) is 17.9. The fraction of sp³-hybridized carbons (Fsp3) is 0.667. The molecule has 2 aromatic carbocycles. The summed E-state index contributed by atoms with van der Waals surface area (Å²) in [7, 11) is 0. The molecule has 4 unspecified atom stereocenters. The molecule has 0 spiro atoms. The molecule has 6 heteroatoms. The van der Waals surface area contributed by atoms with Gasteiger partial charge in [-0.2, -0.15) is 0 Å². The summed E-state index contributed by atoms with van der Waals surface area (Å²) in [6.07, 6.45) is 10.6. The number of hydrogen-bond acceptors (Lipinski definition) is 6. The van der Waals surface area contributed by atoms with Crippen LogP contribution >= 0.6 is 0 Å². The van der Waals surface area contributed by atoms with Gasteiger partial charge in [0.2, 0.25) is 0 Å². The zero-order valence-corrected chi connectivity index (χ0v) is 28.5. The van der Waals surface area contributed by atoms with Gasteiger partial charge in [-0.1, -0.05) is 94.3 Å². The molecule has 4 atom stereocenters. The van der Waals surface area contributed by atoms with Gasteiger partial charge in [0.05, 0.1) is 6.61 Å². The van der Waals surface area contributed by atoms with E-state index in [0.29, 0.717) is 30.3 Å². The van der Waals surface area contributed by atoms with E-state index >= 15 is 0 Å². The van der Waals surface area contributed by atoms with Crippen molar-refractivity contribution in [3.05, 3.63) is 65.2 Å². The minimum absolute atomic E-state index is 0.00466. The van der Waals surface area contributed by atoms with E-state index in [-0.39, 0.29) is 23.4 Å². The molecule has 2 aliphatic carbocycles. The van der Waals surface area contributed by atoms with Crippen molar-refractivity contribution < 1.29 is 14.6 Å². The predicted molar refractivity (Wildman–Crippen MR) is 184 cm³/mol. The number of carbonyl (C=O) groups excluding carboxylic acids is 1. The first-order chi connectivity index (χ1) is 21.8. The van der Waals surface area contributed by atoms with Crippen LogP contribution < -0.4 is 5.73 Å². The maximum Gasteiger partial charge on any atom is 0.302 e. The molecule has 2 aliphatic heterocycles. The molecule has 6 rings (SSSR count). The average molecular weight is 618 g/mol. The number of nitrogens with two attached hydrogens (primary N) is 1. The number of aliphatic hydroxyl groups excluding tert-OH is 1. The number of likely N-dealkylation sites (tertiary alicyclic amines) is 2. The molecule has 4 aliphatic rings. The van der Waals surface area contributed by atoms with Crippen LogP contribution in [0.15, 0.2) is 48.5 Å². The Bertz CT molecular complexity index is 1240. The van der Waals surface area contributed by atoms with Crippen LogP contribution in [-0.4, -0.2) is 73.4 Å². The molecular weight excluding hydrogens is 558 g/mol. The Hall–Kier alpha value is -2.41. The second-order valence-corrected chi connectivity index (χ2v) is 14.6. The number of carbonyl (C=O) groups is 1. The maximum absolute atomic E-state index is 11.4. The zero-order valence-electron chi connectivity index (χ0n) is 28.5. The minimum Gasteiger partial charge on any atom is -0.465 e. The SMILES string of the molecule is CCCCCCN1CC2C(C1)C2(CO)c1cccc(N)c1.CCCCCCN1CC2C(C1)C2(COC(C)=O)c1cccc(C)c1. The van der Waals surface area contributed by atoms with E-state index in [2.05, 4.69) is 67.0 Å². The molecule has 2 saturated heterocycles. The monoisotopic (exact) mass is 617 g/mol. The van der Waals surface area contributed by atoms with E-state index < -0.39 is 0 Å². The summed E-state index contributed by atoms with van der Waals surface area (Å²) in [6, 6.07) is 16.9. The Morgan fingerprint density at radius 1 is 0.800 bits per heavy atom. The van der Waals surface area contributed by atoms with Crippen LogP contribution in [0, 0.1) is 30.6 Å². The van der Waals surface area contributed by atoms with Gasteiger partial charge in [0.15, 0.2) is 0 Å². The highest BCUT2D eigenvalue weighted by atomic mass is 16.5. The van der Waals surface area contributed by atoms with Crippen molar-refractivity contribution in [3.63, 3.8) is 0 Å². The predicted octanol–water partition coefficient (Wildman–Crippen LogP) is 6.58. The Morgan fingerprint density at radius 3 is 1.78 bits per heavy atom. The molecule has 6 nitrogen and oxygen atoms in total. The van der Waals surface area contributed by atoms with Gasteiger partial charge in [0.25, 0.3) is 0 Å². The van der Waals surface area contributed by atoms with Crippen molar-refractivity contribution in [2.45, 2.75) is 89.9 Å². The Labute approximate surface area is 272 Å². The summed E-state index contributed by atoms with van der Waals surface area (Å²) < 4.78 is 5.49. The Morgan fingerprint density at radius 2 is 1.31 bits per heavy atom. The van der Waals surface area contributed by atoms with Crippen LogP contribution in [0.5, 0.6) is 0 Å². The van der Waals surface area contributed by atoms with Gasteiger partial charge in [-0.15, -0.1) is 0 Å². The number of hydrogen-bond donors (Lipinski definition) is 2. The standard InChI is InChI=1S/C21H31NO2.C18H28N2O/c1-4-5-6-7-11-22-13-19-20(14-22)21(19,15-24-17(3)23)18-10-8-9-16(2)12-18;1-2-3-4-5-9-20-11-16-17(12-20)18(16,13-21)14-7-6-8-15(19)10-14/h8-10,12,19-20H,4-7,11,13-15H2,1-3H3;6-8,10,16-17,21H,2-5,9,11-13,19H2,1H3. The third-order valence-electron chi connectivity index (χ3n) is 11.6. The smallest absolute Gasteiger partial charge is 0.302 e. The van der Waals surface area contributed by atoms with Crippen LogP contribution in [-0.2, 0) is 20.4 Å². The third-order valence-corrected chi connectivity index (χ3v) is 11.6. The highest BCUT2D eigenvalue weighted by molar-refractivity contribution is 5.66. The molecule has 0 aromatic heterocycles. The second-order valence-electron chi connectivity index (χ2n) is 14.6. The summed E-state index contributed by atoms with van der Waals surface area (Å²) in [5.74, 6) is 2.36. The van der Waals surface area contributed by atoms with Crippen molar-refractivity contribution in [3.8, 4) is 0 Å². The Kier molecular flexibility index (Phi) is 11.3. The molecular formula is C39H59N3O3. The lowest BCUT2D eigenvalue weighted by Gasteiger charge is -2.27. The van der Waals surface area contributed by atoms with Crippen LogP contribution in [0.4, 0.5) is 5.69 Å². The zero-order chi connectivity index (χ0) is 32.0. The van der Waals surface area contributed by atoms with E-state index in [4.69, 9.17) is 10.5 Å². The van der Waals surface area contributed by atoms with E-state index in [9.17, 15) is 9.90 Å². The summed E-state index contributed by atoms with van der Waals surface area (Å²) >= 11 is 0. The van der Waals surface area contributed by atoms with Gasteiger partial charge in [-0.25, -0.2) is 0 Å². The van der Waals surface area contributed by atoms with Crippen molar-refractivity contribution in [1.82, 2.24) is 9.80 Å². The van der Waals surface area contributed by atoms with Gasteiger partial charge in [-0.3, -0.25) is 4.79 Å². The van der Waals surface area contributed by atoms with E-state index in [1.54, 1.807) is 0 Å². The molecule has 2 aromatic rings. The van der Waals surface area contributed by atoms with Crippen molar-refractivity contribution in [1.29, 1.82) is 0 Å². The lowest BCUT2D eigenvalue weighted by atomic mass is 9.89. The van der Waals surface area contributed by atoms with Gasteiger partial charge in [0.1, 0.15) is 6.61 Å². The molecule has 248 valence electrons. The molecule has 2 saturated carbocycles. The van der Waals surface area contributed by atoms with Crippen molar-refractivity contribution in [2.24, 2.45) is 23.7 Å². The largest absolute Gasteiger partial charge is 0.465 e. The number of fused-ring (bicyclic) bond motifs is 2. The third kappa shape index (κ3) is 7.29. The molecule has 4 fully saturated rings. The van der Waals surface area contributed by atoms with Gasteiger partial charge >= 0.3 is 5.97 Å². The highest BCUT2D eigenvalue weighted by Gasteiger charge is 2.69. The molecule has 0 bridgehead atoms. The maximum atomic E-state index is 11.4. The van der Waals surface area contributed by atoms with Crippen molar-refractivity contribution in [2.75, 3.05) is 58.2 Å². The molecule has 3 N–H and O–H groups in total. The van der Waals surface area contributed by atoms with E-state index in [1.807, 2.05) is 12.1 Å². The number of benzene rings is 2. The number of piperidine rings is 2. The lowest BCUT2D eigenvalue weighted by molar-refractivity contribution is -0.142. The fourth-order valence-corrected chi connectivity index (χ4v) is 8.98. The molecule has 0 amide bonds. The van der Waals surface area contributed by atoms with Crippen LogP contribution in [0.25, 0.3) is 0 Å². The van der Waals surface area contributed by atoms with Gasteiger partial charge in [0, 0.05) is 49.6 Å². The Balaban J connectivity index is 0.000000179. The lowest BCUT2D eigenvalue weighted by Crippen LogP contribution is -2.34. The van der Waals surface area contributed by atoms with Crippen LogP contribution in [0.2, 0.25) is 0 Å². The fourth-order valence-electron chi connectivity index (χ4n) is 8.98. The molecule has 0 radical (unpaired) electrons. The van der Waals surface area contributed by atoms with Crippen molar-refractivity contribution >= 4 is 11.7 Å². The number of esters is 1. The summed E-state index contributed by atoms with van der Waals surface area (Å²) in [6.45, 7) is 16.0.